The Morgan fingerprint density at radius 1 is 1.16 bits per heavy atom. The Morgan fingerprint density at radius 2 is 2.00 bits per heavy atom. The van der Waals surface area contributed by atoms with Crippen LogP contribution < -0.4 is 0 Å². The fourth-order valence-corrected chi connectivity index (χ4v) is 3.45. The second-order valence-electron chi connectivity index (χ2n) is 6.44. The molecule has 2 aromatic rings. The molecule has 7 nitrogen and oxygen atoms in total. The van der Waals surface area contributed by atoms with E-state index in [9.17, 15) is 4.79 Å². The Hall–Kier alpha value is -2.25. The summed E-state index contributed by atoms with van der Waals surface area (Å²) in [5.41, 5.74) is 1.15. The van der Waals surface area contributed by atoms with Gasteiger partial charge in [-0.1, -0.05) is 30.3 Å². The molecule has 2 unspecified atom stereocenters. The van der Waals surface area contributed by atoms with E-state index < -0.39 is 0 Å². The summed E-state index contributed by atoms with van der Waals surface area (Å²) in [6.45, 7) is 3.39. The van der Waals surface area contributed by atoms with Gasteiger partial charge in [-0.25, -0.2) is 9.67 Å². The van der Waals surface area contributed by atoms with Gasteiger partial charge in [0.2, 0.25) is 5.91 Å². The summed E-state index contributed by atoms with van der Waals surface area (Å²) in [7, 11) is 0. The number of benzene rings is 1. The third kappa shape index (κ3) is 3.43. The van der Waals surface area contributed by atoms with Gasteiger partial charge in [-0.2, -0.15) is 5.10 Å². The minimum Gasteiger partial charge on any atom is -0.381 e. The molecule has 2 fully saturated rings. The lowest BCUT2D eigenvalue weighted by Gasteiger charge is -2.36. The number of ether oxygens (including phenoxy) is 2. The van der Waals surface area contributed by atoms with Crippen molar-refractivity contribution in [2.24, 2.45) is 5.92 Å². The van der Waals surface area contributed by atoms with Crippen LogP contribution in [-0.4, -0.2) is 58.5 Å². The number of hydrogen-bond acceptors (Lipinski definition) is 5. The summed E-state index contributed by atoms with van der Waals surface area (Å²) in [6, 6.07) is 9.92. The first-order chi connectivity index (χ1) is 12.3. The molecule has 2 aliphatic rings. The molecule has 0 saturated carbocycles. The van der Waals surface area contributed by atoms with Gasteiger partial charge < -0.3 is 14.4 Å². The monoisotopic (exact) mass is 342 g/mol. The predicted octanol–water partition coefficient (Wildman–Crippen LogP) is 1.26. The molecule has 2 atom stereocenters. The zero-order chi connectivity index (χ0) is 17.1. The lowest BCUT2D eigenvalue weighted by Crippen LogP contribution is -2.47. The number of amides is 1. The Labute approximate surface area is 146 Å². The Balaban J connectivity index is 1.56. The number of morpholine rings is 1. The minimum absolute atomic E-state index is 0.0499. The van der Waals surface area contributed by atoms with Crippen molar-refractivity contribution in [2.45, 2.75) is 19.0 Å². The van der Waals surface area contributed by atoms with Gasteiger partial charge in [0.25, 0.3) is 0 Å². The SMILES string of the molecule is O=C(C1CCOC1)N1CCOCC1c1ncnn1Cc1ccccc1. The highest BCUT2D eigenvalue weighted by Crippen LogP contribution is 2.27. The molecule has 0 bridgehead atoms. The summed E-state index contributed by atoms with van der Waals surface area (Å²) in [5, 5.41) is 4.37. The summed E-state index contributed by atoms with van der Waals surface area (Å²) < 4.78 is 12.9. The molecule has 0 N–H and O–H groups in total. The van der Waals surface area contributed by atoms with Crippen LogP contribution in [0.1, 0.15) is 23.9 Å². The van der Waals surface area contributed by atoms with Crippen LogP contribution in [0.25, 0.3) is 0 Å². The van der Waals surface area contributed by atoms with Gasteiger partial charge in [0.05, 0.1) is 32.3 Å². The van der Waals surface area contributed by atoms with Crippen LogP contribution in [-0.2, 0) is 20.8 Å². The van der Waals surface area contributed by atoms with E-state index in [-0.39, 0.29) is 17.9 Å². The average molecular weight is 342 g/mol. The molecular formula is C18H22N4O3. The maximum atomic E-state index is 12.9. The number of carbonyl (C=O) groups excluding carboxylic acids is 1. The fourth-order valence-electron chi connectivity index (χ4n) is 3.45. The van der Waals surface area contributed by atoms with E-state index >= 15 is 0 Å². The van der Waals surface area contributed by atoms with Gasteiger partial charge >= 0.3 is 0 Å². The molecule has 3 heterocycles. The Morgan fingerprint density at radius 3 is 2.80 bits per heavy atom. The van der Waals surface area contributed by atoms with Crippen LogP contribution in [0.15, 0.2) is 36.7 Å². The van der Waals surface area contributed by atoms with Crippen LogP contribution in [0.3, 0.4) is 0 Å². The molecule has 1 aromatic carbocycles. The number of nitrogens with zero attached hydrogens (tertiary/aromatic N) is 4. The highest BCUT2D eigenvalue weighted by Gasteiger charge is 2.36. The van der Waals surface area contributed by atoms with E-state index in [2.05, 4.69) is 22.2 Å². The smallest absolute Gasteiger partial charge is 0.228 e. The maximum absolute atomic E-state index is 12.9. The van der Waals surface area contributed by atoms with Gasteiger partial charge in [0, 0.05) is 13.2 Å². The van der Waals surface area contributed by atoms with Gasteiger partial charge in [-0.05, 0) is 12.0 Å². The van der Waals surface area contributed by atoms with Crippen LogP contribution in [0.5, 0.6) is 0 Å². The van der Waals surface area contributed by atoms with E-state index in [1.54, 1.807) is 6.33 Å². The van der Waals surface area contributed by atoms with Crippen LogP contribution in [0.2, 0.25) is 0 Å². The van der Waals surface area contributed by atoms with Gasteiger partial charge in [0.1, 0.15) is 12.4 Å². The van der Waals surface area contributed by atoms with Crippen molar-refractivity contribution in [3.05, 3.63) is 48.0 Å². The highest BCUT2D eigenvalue weighted by atomic mass is 16.5. The van der Waals surface area contributed by atoms with Crippen molar-refractivity contribution in [2.75, 3.05) is 33.0 Å². The van der Waals surface area contributed by atoms with Crippen molar-refractivity contribution in [1.82, 2.24) is 19.7 Å². The molecule has 132 valence electrons. The van der Waals surface area contributed by atoms with Gasteiger partial charge in [0.15, 0.2) is 5.82 Å². The van der Waals surface area contributed by atoms with Gasteiger partial charge in [-0.15, -0.1) is 0 Å². The van der Waals surface area contributed by atoms with Crippen molar-refractivity contribution < 1.29 is 14.3 Å². The molecule has 2 aliphatic heterocycles. The van der Waals surface area contributed by atoms with E-state index in [0.29, 0.717) is 39.5 Å². The number of hydrogen-bond donors (Lipinski definition) is 0. The van der Waals surface area contributed by atoms with Gasteiger partial charge in [-0.3, -0.25) is 4.79 Å². The van der Waals surface area contributed by atoms with Crippen molar-refractivity contribution >= 4 is 5.91 Å². The van der Waals surface area contributed by atoms with Crippen LogP contribution in [0, 0.1) is 5.92 Å². The summed E-state index contributed by atoms with van der Waals surface area (Å²) in [5.74, 6) is 0.863. The molecule has 1 aromatic heterocycles. The molecule has 1 amide bonds. The molecule has 0 radical (unpaired) electrons. The molecule has 4 rings (SSSR count). The quantitative estimate of drug-likeness (QED) is 0.837. The second-order valence-corrected chi connectivity index (χ2v) is 6.44. The number of rotatable bonds is 4. The molecule has 2 saturated heterocycles. The first kappa shape index (κ1) is 16.2. The number of carbonyl (C=O) groups is 1. The first-order valence-electron chi connectivity index (χ1n) is 8.70. The first-order valence-corrected chi connectivity index (χ1v) is 8.70. The molecule has 25 heavy (non-hydrogen) atoms. The van der Waals surface area contributed by atoms with Crippen molar-refractivity contribution in [3.63, 3.8) is 0 Å². The summed E-state index contributed by atoms with van der Waals surface area (Å²) in [4.78, 5) is 19.2. The van der Waals surface area contributed by atoms with E-state index in [4.69, 9.17) is 9.47 Å². The standard InChI is InChI=1S/C18H22N4O3/c23-18(15-6-8-24-11-15)21-7-9-25-12-16(21)17-19-13-20-22(17)10-14-4-2-1-3-5-14/h1-5,13,15-16H,6-12H2. The van der Waals surface area contributed by atoms with Crippen LogP contribution in [0.4, 0.5) is 0 Å². The summed E-state index contributed by atoms with van der Waals surface area (Å²) >= 11 is 0. The van der Waals surface area contributed by atoms with Crippen molar-refractivity contribution in [3.8, 4) is 0 Å². The van der Waals surface area contributed by atoms with Crippen molar-refractivity contribution in [1.29, 1.82) is 0 Å². The molecule has 7 heteroatoms. The topological polar surface area (TPSA) is 69.5 Å². The lowest BCUT2D eigenvalue weighted by atomic mass is 10.1. The molecular weight excluding hydrogens is 320 g/mol. The maximum Gasteiger partial charge on any atom is 0.228 e. The van der Waals surface area contributed by atoms with Crippen LogP contribution >= 0.6 is 0 Å². The summed E-state index contributed by atoms with van der Waals surface area (Å²) in [6.07, 6.45) is 2.34. The fraction of sp³-hybridized carbons (Fsp3) is 0.500. The zero-order valence-corrected chi connectivity index (χ0v) is 14.1. The minimum atomic E-state index is -0.201. The average Bonchev–Trinajstić information content (AvgIpc) is 3.34. The second kappa shape index (κ2) is 7.33. The zero-order valence-electron chi connectivity index (χ0n) is 14.1. The highest BCUT2D eigenvalue weighted by molar-refractivity contribution is 5.79. The molecule has 0 spiro atoms. The van der Waals surface area contributed by atoms with E-state index in [0.717, 1.165) is 17.8 Å². The number of aromatic nitrogens is 3. The predicted molar refractivity (Wildman–Crippen MR) is 89.8 cm³/mol. The normalized spacial score (nSPS) is 23.8. The third-order valence-electron chi connectivity index (χ3n) is 4.81. The lowest BCUT2D eigenvalue weighted by molar-refractivity contribution is -0.145. The van der Waals surface area contributed by atoms with E-state index in [1.807, 2.05) is 27.8 Å². The Bertz CT molecular complexity index is 712. The van der Waals surface area contributed by atoms with E-state index in [1.165, 1.54) is 0 Å². The molecule has 0 aliphatic carbocycles. The largest absolute Gasteiger partial charge is 0.381 e. The third-order valence-corrected chi connectivity index (χ3v) is 4.81. The Kier molecular flexibility index (Phi) is 4.76.